The number of urea groups is 2. The molecular weight excluding hydrogens is 512 g/mol. The van der Waals surface area contributed by atoms with Crippen LogP contribution in [0.25, 0.3) is 0 Å². The third kappa shape index (κ3) is 9.76. The van der Waals surface area contributed by atoms with Gasteiger partial charge in [-0.05, 0) is 38.8 Å². The predicted octanol–water partition coefficient (Wildman–Crippen LogP) is 4.21. The van der Waals surface area contributed by atoms with E-state index >= 15 is 0 Å². The van der Waals surface area contributed by atoms with Gasteiger partial charge < -0.3 is 29.9 Å². The fourth-order valence-corrected chi connectivity index (χ4v) is 4.15. The Morgan fingerprint density at radius 2 is 1.00 bits per heavy atom. The maximum absolute atomic E-state index is 12.6. The van der Waals surface area contributed by atoms with Crippen LogP contribution >= 0.6 is 0 Å². The number of rotatable bonds is 14. The summed E-state index contributed by atoms with van der Waals surface area (Å²) in [5.41, 5.74) is 1.62. The molecule has 216 valence electrons. The number of ether oxygens (including phenoxy) is 2. The minimum atomic E-state index is -0.748. The summed E-state index contributed by atoms with van der Waals surface area (Å²) in [6.07, 6.45) is 1.98. The maximum atomic E-state index is 12.6. The standard InChI is InChI=1S/C30H40N4O6/c1-5-31-29(37)33(7-3)25(23-15-11-9-12-16-23)21-39-27(35)19-20-28(36)40-22-26(24-17-13-10-14-18-24)34(8-4)30(38)32-6-2/h9-20,25-26H,5-8,21-22H2,1-4H3,(H,31,37)(H,32,38)/b20-19+/t25-,26-/m0/s1. The molecule has 2 aromatic carbocycles. The molecule has 0 spiro atoms. The van der Waals surface area contributed by atoms with E-state index in [-0.39, 0.29) is 25.3 Å². The number of carbonyl (C=O) groups excluding carboxylic acids is 4. The highest BCUT2D eigenvalue weighted by Gasteiger charge is 2.26. The molecule has 0 aliphatic rings. The van der Waals surface area contributed by atoms with Crippen molar-refractivity contribution in [3.8, 4) is 0 Å². The topological polar surface area (TPSA) is 117 Å². The average molecular weight is 553 g/mol. The van der Waals surface area contributed by atoms with Crippen molar-refractivity contribution < 1.29 is 28.7 Å². The highest BCUT2D eigenvalue weighted by molar-refractivity contribution is 5.91. The fourth-order valence-electron chi connectivity index (χ4n) is 4.15. The number of benzene rings is 2. The first-order valence-corrected chi connectivity index (χ1v) is 13.6. The van der Waals surface area contributed by atoms with Crippen LogP contribution in [0.3, 0.4) is 0 Å². The summed E-state index contributed by atoms with van der Waals surface area (Å²) in [6, 6.07) is 17.0. The first-order valence-electron chi connectivity index (χ1n) is 13.6. The van der Waals surface area contributed by atoms with Gasteiger partial charge in [-0.1, -0.05) is 60.7 Å². The molecule has 0 unspecified atom stereocenters. The number of nitrogens with zero attached hydrogens (tertiary/aromatic N) is 2. The van der Waals surface area contributed by atoms with Gasteiger partial charge in [-0.3, -0.25) is 0 Å². The van der Waals surface area contributed by atoms with E-state index in [1.165, 1.54) is 0 Å². The molecule has 2 rings (SSSR count). The fraction of sp³-hybridized carbons (Fsp3) is 0.400. The summed E-state index contributed by atoms with van der Waals surface area (Å²) in [5.74, 6) is -1.50. The summed E-state index contributed by atoms with van der Waals surface area (Å²) in [5, 5.41) is 5.56. The molecule has 0 heterocycles. The summed E-state index contributed by atoms with van der Waals surface area (Å²) >= 11 is 0. The Morgan fingerprint density at radius 1 is 0.650 bits per heavy atom. The molecule has 0 aliphatic carbocycles. The maximum Gasteiger partial charge on any atom is 0.331 e. The molecule has 10 heteroatoms. The molecule has 0 fully saturated rings. The second-order valence-electron chi connectivity index (χ2n) is 8.69. The molecule has 0 aliphatic heterocycles. The lowest BCUT2D eigenvalue weighted by Gasteiger charge is -2.31. The van der Waals surface area contributed by atoms with Gasteiger partial charge in [0.1, 0.15) is 13.2 Å². The summed E-state index contributed by atoms with van der Waals surface area (Å²) in [6.45, 7) is 8.89. The number of hydrogen-bond donors (Lipinski definition) is 2. The molecule has 0 aromatic heterocycles. The van der Waals surface area contributed by atoms with Crippen molar-refractivity contribution in [1.82, 2.24) is 20.4 Å². The predicted molar refractivity (Wildman–Crippen MR) is 152 cm³/mol. The minimum absolute atomic E-state index is 0.0959. The molecule has 10 nitrogen and oxygen atoms in total. The van der Waals surface area contributed by atoms with E-state index in [4.69, 9.17) is 9.47 Å². The van der Waals surface area contributed by atoms with Gasteiger partial charge in [0.15, 0.2) is 0 Å². The molecule has 0 saturated carbocycles. The molecule has 0 saturated heterocycles. The zero-order valence-corrected chi connectivity index (χ0v) is 23.7. The molecule has 2 N–H and O–H groups in total. The minimum Gasteiger partial charge on any atom is -0.460 e. The molecule has 0 radical (unpaired) electrons. The first-order chi connectivity index (χ1) is 19.4. The van der Waals surface area contributed by atoms with Crippen LogP contribution in [0.4, 0.5) is 9.59 Å². The van der Waals surface area contributed by atoms with E-state index in [0.29, 0.717) is 26.2 Å². The molecule has 2 aromatic rings. The quantitative estimate of drug-likeness (QED) is 0.268. The number of esters is 2. The number of carbonyl (C=O) groups is 4. The SMILES string of the molecule is CCNC(=O)N(CC)[C@@H](COC(=O)/C=C/C(=O)OC[C@@H](c1ccccc1)N(CC)C(=O)NCC)c1ccccc1. The lowest BCUT2D eigenvalue weighted by Crippen LogP contribution is -2.43. The number of likely N-dealkylation sites (N-methyl/N-ethyl adjacent to an activating group) is 2. The highest BCUT2D eigenvalue weighted by Crippen LogP contribution is 2.22. The van der Waals surface area contributed by atoms with Crippen LogP contribution in [-0.2, 0) is 19.1 Å². The van der Waals surface area contributed by atoms with E-state index in [9.17, 15) is 19.2 Å². The van der Waals surface area contributed by atoms with Crippen LogP contribution in [-0.4, -0.2) is 73.2 Å². The molecule has 2 atom stereocenters. The zero-order valence-electron chi connectivity index (χ0n) is 23.7. The average Bonchev–Trinajstić information content (AvgIpc) is 2.97. The van der Waals surface area contributed by atoms with Crippen molar-refractivity contribution in [2.45, 2.75) is 39.8 Å². The van der Waals surface area contributed by atoms with Gasteiger partial charge in [-0.15, -0.1) is 0 Å². The van der Waals surface area contributed by atoms with Gasteiger partial charge in [0.05, 0.1) is 12.1 Å². The van der Waals surface area contributed by atoms with Gasteiger partial charge in [-0.25, -0.2) is 19.2 Å². The van der Waals surface area contributed by atoms with Crippen LogP contribution in [0.2, 0.25) is 0 Å². The van der Waals surface area contributed by atoms with Crippen LogP contribution in [0.5, 0.6) is 0 Å². The Labute approximate surface area is 236 Å². The Morgan fingerprint density at radius 3 is 1.30 bits per heavy atom. The van der Waals surface area contributed by atoms with Gasteiger partial charge in [0.25, 0.3) is 0 Å². The van der Waals surface area contributed by atoms with Crippen LogP contribution in [0.15, 0.2) is 72.8 Å². The van der Waals surface area contributed by atoms with Crippen LogP contribution in [0, 0.1) is 0 Å². The summed E-state index contributed by atoms with van der Waals surface area (Å²) in [4.78, 5) is 53.3. The molecule has 40 heavy (non-hydrogen) atoms. The van der Waals surface area contributed by atoms with Crippen molar-refractivity contribution in [2.24, 2.45) is 0 Å². The third-order valence-corrected chi connectivity index (χ3v) is 6.10. The van der Waals surface area contributed by atoms with E-state index in [0.717, 1.165) is 23.3 Å². The molecule has 4 amide bonds. The first kappa shape index (κ1) is 31.9. The Bertz CT molecular complexity index is 1020. The normalized spacial score (nSPS) is 12.2. The summed E-state index contributed by atoms with van der Waals surface area (Å²) < 4.78 is 10.8. The lowest BCUT2D eigenvalue weighted by atomic mass is 10.1. The highest BCUT2D eigenvalue weighted by atomic mass is 16.5. The summed E-state index contributed by atoms with van der Waals surface area (Å²) in [7, 11) is 0. The molecule has 0 bridgehead atoms. The zero-order chi connectivity index (χ0) is 29.3. The largest absolute Gasteiger partial charge is 0.460 e. The van der Waals surface area contributed by atoms with Gasteiger partial charge in [0, 0.05) is 38.3 Å². The number of hydrogen-bond acceptors (Lipinski definition) is 6. The van der Waals surface area contributed by atoms with E-state index in [1.54, 1.807) is 9.80 Å². The third-order valence-electron chi connectivity index (χ3n) is 6.10. The van der Waals surface area contributed by atoms with E-state index in [1.807, 2.05) is 88.4 Å². The number of nitrogens with one attached hydrogen (secondary N) is 2. The van der Waals surface area contributed by atoms with E-state index in [2.05, 4.69) is 10.6 Å². The van der Waals surface area contributed by atoms with Crippen molar-refractivity contribution >= 4 is 24.0 Å². The van der Waals surface area contributed by atoms with Gasteiger partial charge in [0.2, 0.25) is 0 Å². The van der Waals surface area contributed by atoms with Crippen molar-refractivity contribution in [2.75, 3.05) is 39.4 Å². The van der Waals surface area contributed by atoms with Crippen molar-refractivity contribution in [3.63, 3.8) is 0 Å². The lowest BCUT2D eigenvalue weighted by molar-refractivity contribution is -0.142. The van der Waals surface area contributed by atoms with Gasteiger partial charge >= 0.3 is 24.0 Å². The Balaban J connectivity index is 2.05. The Kier molecular flexibility index (Phi) is 13.8. The van der Waals surface area contributed by atoms with E-state index < -0.39 is 24.0 Å². The second-order valence-corrected chi connectivity index (χ2v) is 8.69. The van der Waals surface area contributed by atoms with Gasteiger partial charge in [-0.2, -0.15) is 0 Å². The van der Waals surface area contributed by atoms with Crippen molar-refractivity contribution in [3.05, 3.63) is 83.9 Å². The molecular formula is C30H40N4O6. The monoisotopic (exact) mass is 552 g/mol. The van der Waals surface area contributed by atoms with Crippen molar-refractivity contribution in [1.29, 1.82) is 0 Å². The second kappa shape index (κ2) is 17.3. The Hall–Kier alpha value is -4.34. The number of amides is 4. The van der Waals surface area contributed by atoms with Crippen LogP contribution in [0.1, 0.15) is 50.9 Å². The van der Waals surface area contributed by atoms with Crippen LogP contribution < -0.4 is 10.6 Å². The smallest absolute Gasteiger partial charge is 0.331 e.